The molecule has 2 aromatic heterocycles. The Morgan fingerprint density at radius 2 is 1.89 bits per heavy atom. The number of nitrogens with one attached hydrogen (secondary N) is 1. The van der Waals surface area contributed by atoms with E-state index in [1.165, 1.54) is 7.11 Å². The average molecular weight is 375 g/mol. The molecule has 0 aliphatic carbocycles. The van der Waals surface area contributed by atoms with Gasteiger partial charge in [-0.25, -0.2) is 4.98 Å². The third-order valence-corrected chi connectivity index (χ3v) is 4.20. The van der Waals surface area contributed by atoms with Gasteiger partial charge in [-0.05, 0) is 42.5 Å². The molecule has 7 nitrogen and oxygen atoms in total. The van der Waals surface area contributed by atoms with Crippen LogP contribution in [0.5, 0.6) is 11.5 Å². The number of aromatic nitrogens is 2. The first-order valence-electron chi connectivity index (χ1n) is 8.52. The van der Waals surface area contributed by atoms with Crippen LogP contribution in [0.1, 0.15) is 10.4 Å². The number of hydrogen-bond donors (Lipinski definition) is 1. The number of nitrogens with zero attached hydrogens (tertiary/aromatic N) is 2. The lowest BCUT2D eigenvalue weighted by Crippen LogP contribution is -2.12. The van der Waals surface area contributed by atoms with Crippen LogP contribution in [-0.2, 0) is 0 Å². The summed E-state index contributed by atoms with van der Waals surface area (Å²) in [6, 6.07) is 14.1. The number of ether oxygens (including phenoxy) is 2. The summed E-state index contributed by atoms with van der Waals surface area (Å²) < 4.78 is 16.2. The summed E-state index contributed by atoms with van der Waals surface area (Å²) in [5.41, 5.74) is 3.16. The Hall–Kier alpha value is -3.87. The monoisotopic (exact) mass is 375 g/mol. The van der Waals surface area contributed by atoms with Gasteiger partial charge in [0.15, 0.2) is 17.1 Å². The maximum Gasteiger partial charge on any atom is 0.255 e. The number of methoxy groups -OCH3 is 2. The molecule has 0 bridgehead atoms. The van der Waals surface area contributed by atoms with Crippen LogP contribution >= 0.6 is 0 Å². The summed E-state index contributed by atoms with van der Waals surface area (Å²) in [5.74, 6) is 1.25. The van der Waals surface area contributed by atoms with E-state index < -0.39 is 0 Å². The molecule has 7 heteroatoms. The van der Waals surface area contributed by atoms with Gasteiger partial charge < -0.3 is 19.2 Å². The van der Waals surface area contributed by atoms with Crippen LogP contribution in [-0.4, -0.2) is 30.1 Å². The van der Waals surface area contributed by atoms with Crippen LogP contribution < -0.4 is 14.8 Å². The highest BCUT2D eigenvalue weighted by Gasteiger charge is 2.13. The van der Waals surface area contributed by atoms with Gasteiger partial charge in [0.1, 0.15) is 5.52 Å². The first kappa shape index (κ1) is 17.5. The highest BCUT2D eigenvalue weighted by atomic mass is 16.5. The number of anilines is 1. The highest BCUT2D eigenvalue weighted by molar-refractivity contribution is 6.04. The maximum absolute atomic E-state index is 12.6. The smallest absolute Gasteiger partial charge is 0.255 e. The second-order valence-electron chi connectivity index (χ2n) is 5.97. The first-order chi connectivity index (χ1) is 13.7. The number of benzene rings is 2. The lowest BCUT2D eigenvalue weighted by atomic mass is 10.1. The van der Waals surface area contributed by atoms with E-state index in [0.29, 0.717) is 34.2 Å². The van der Waals surface area contributed by atoms with Crippen molar-refractivity contribution in [3.8, 4) is 23.0 Å². The third kappa shape index (κ3) is 3.37. The van der Waals surface area contributed by atoms with E-state index in [4.69, 9.17) is 13.9 Å². The summed E-state index contributed by atoms with van der Waals surface area (Å²) in [5, 5.41) is 2.87. The molecular weight excluding hydrogens is 358 g/mol. The van der Waals surface area contributed by atoms with Gasteiger partial charge in [0, 0.05) is 23.0 Å². The molecule has 2 aromatic carbocycles. The number of carbonyl (C=O) groups is 1. The largest absolute Gasteiger partial charge is 0.493 e. The van der Waals surface area contributed by atoms with E-state index >= 15 is 0 Å². The SMILES string of the molecule is COc1ccc(C(=O)Nc2cccc(-c3nc4ccncc4o3)c2)cc1OC. The van der Waals surface area contributed by atoms with Crippen LogP contribution in [0.3, 0.4) is 0 Å². The number of hydrogen-bond acceptors (Lipinski definition) is 6. The van der Waals surface area contributed by atoms with Gasteiger partial charge in [-0.3, -0.25) is 9.78 Å². The van der Waals surface area contributed by atoms with E-state index in [-0.39, 0.29) is 5.91 Å². The molecule has 4 rings (SSSR count). The van der Waals surface area contributed by atoms with Gasteiger partial charge in [0.25, 0.3) is 5.91 Å². The number of rotatable bonds is 5. The Balaban J connectivity index is 1.59. The third-order valence-electron chi connectivity index (χ3n) is 4.20. The fourth-order valence-electron chi connectivity index (χ4n) is 2.81. The Labute approximate surface area is 160 Å². The quantitative estimate of drug-likeness (QED) is 0.564. The molecule has 0 unspecified atom stereocenters. The molecule has 1 amide bonds. The Kier molecular flexibility index (Phi) is 4.63. The summed E-state index contributed by atoms with van der Waals surface area (Å²) in [6.45, 7) is 0. The molecule has 140 valence electrons. The van der Waals surface area contributed by atoms with Crippen LogP contribution in [0.2, 0.25) is 0 Å². The Bertz CT molecular complexity index is 1120. The fourth-order valence-corrected chi connectivity index (χ4v) is 2.81. The second-order valence-corrected chi connectivity index (χ2v) is 5.97. The topological polar surface area (TPSA) is 86.5 Å². The second kappa shape index (κ2) is 7.40. The highest BCUT2D eigenvalue weighted by Crippen LogP contribution is 2.29. The average Bonchev–Trinajstić information content (AvgIpc) is 3.17. The van der Waals surface area contributed by atoms with Crippen molar-refractivity contribution in [3.63, 3.8) is 0 Å². The number of fused-ring (bicyclic) bond motifs is 1. The van der Waals surface area contributed by atoms with Gasteiger partial charge in [-0.15, -0.1) is 0 Å². The van der Waals surface area contributed by atoms with Crippen molar-refractivity contribution in [3.05, 3.63) is 66.5 Å². The normalized spacial score (nSPS) is 10.6. The molecule has 0 fully saturated rings. The molecular formula is C21H17N3O4. The van der Waals surface area contributed by atoms with E-state index in [2.05, 4.69) is 15.3 Å². The van der Waals surface area contributed by atoms with Crippen molar-refractivity contribution in [2.45, 2.75) is 0 Å². The summed E-state index contributed by atoms with van der Waals surface area (Å²) in [7, 11) is 3.07. The minimum Gasteiger partial charge on any atom is -0.493 e. The van der Waals surface area contributed by atoms with Crippen molar-refractivity contribution in [2.24, 2.45) is 0 Å². The van der Waals surface area contributed by atoms with Gasteiger partial charge >= 0.3 is 0 Å². The van der Waals surface area contributed by atoms with Gasteiger partial charge in [0.05, 0.1) is 20.4 Å². The molecule has 4 aromatic rings. The lowest BCUT2D eigenvalue weighted by Gasteiger charge is -2.10. The van der Waals surface area contributed by atoms with E-state index in [9.17, 15) is 4.79 Å². The fraction of sp³-hybridized carbons (Fsp3) is 0.0952. The Morgan fingerprint density at radius 1 is 1.04 bits per heavy atom. The van der Waals surface area contributed by atoms with E-state index in [1.807, 2.05) is 12.1 Å². The minimum absolute atomic E-state index is 0.264. The first-order valence-corrected chi connectivity index (χ1v) is 8.52. The molecule has 2 heterocycles. The zero-order valence-electron chi connectivity index (χ0n) is 15.3. The number of amides is 1. The summed E-state index contributed by atoms with van der Waals surface area (Å²) >= 11 is 0. The van der Waals surface area contributed by atoms with Gasteiger partial charge in [-0.2, -0.15) is 0 Å². The predicted octanol–water partition coefficient (Wildman–Crippen LogP) is 4.16. The number of pyridine rings is 1. The van der Waals surface area contributed by atoms with Crippen molar-refractivity contribution >= 4 is 22.7 Å². The zero-order valence-corrected chi connectivity index (χ0v) is 15.3. The van der Waals surface area contributed by atoms with E-state index in [0.717, 1.165) is 11.1 Å². The predicted molar refractivity (Wildman–Crippen MR) is 105 cm³/mol. The van der Waals surface area contributed by atoms with Crippen LogP contribution in [0.25, 0.3) is 22.6 Å². The Morgan fingerprint density at radius 3 is 2.68 bits per heavy atom. The van der Waals surface area contributed by atoms with Crippen LogP contribution in [0.4, 0.5) is 5.69 Å². The molecule has 0 radical (unpaired) electrons. The van der Waals surface area contributed by atoms with Crippen molar-refractivity contribution in [1.82, 2.24) is 9.97 Å². The molecule has 0 spiro atoms. The van der Waals surface area contributed by atoms with Crippen molar-refractivity contribution in [2.75, 3.05) is 19.5 Å². The molecule has 1 N–H and O–H groups in total. The molecule has 0 atom stereocenters. The van der Waals surface area contributed by atoms with Crippen molar-refractivity contribution in [1.29, 1.82) is 0 Å². The molecule has 0 aliphatic heterocycles. The van der Waals surface area contributed by atoms with Gasteiger partial charge in [0.2, 0.25) is 5.89 Å². The molecule has 0 saturated carbocycles. The van der Waals surface area contributed by atoms with Crippen LogP contribution in [0.15, 0.2) is 65.3 Å². The lowest BCUT2D eigenvalue weighted by molar-refractivity contribution is 0.102. The molecule has 0 aliphatic rings. The zero-order chi connectivity index (χ0) is 19.5. The van der Waals surface area contributed by atoms with Crippen molar-refractivity contribution < 1.29 is 18.7 Å². The minimum atomic E-state index is -0.264. The number of oxazole rings is 1. The standard InChI is InChI=1S/C21H17N3O4/c1-26-17-7-6-13(11-18(17)27-2)20(25)23-15-5-3-4-14(10-15)21-24-16-8-9-22-12-19(16)28-21/h3-12H,1-2H3,(H,23,25). The molecule has 28 heavy (non-hydrogen) atoms. The van der Waals surface area contributed by atoms with Gasteiger partial charge in [-0.1, -0.05) is 6.07 Å². The van der Waals surface area contributed by atoms with E-state index in [1.54, 1.807) is 55.9 Å². The maximum atomic E-state index is 12.6. The summed E-state index contributed by atoms with van der Waals surface area (Å²) in [6.07, 6.45) is 3.28. The number of carbonyl (C=O) groups excluding carboxylic acids is 1. The summed E-state index contributed by atoms with van der Waals surface area (Å²) in [4.78, 5) is 21.1. The van der Waals surface area contributed by atoms with Crippen LogP contribution in [0, 0.1) is 0 Å². The molecule has 0 saturated heterocycles.